The molecule has 1 heterocycles. The summed E-state index contributed by atoms with van der Waals surface area (Å²) in [5.41, 5.74) is 7.26. The SMILES string of the molecule is COc1cc(-n2cc(CCN)nn2)ccc1Br. The van der Waals surface area contributed by atoms with Crippen LogP contribution >= 0.6 is 15.9 Å². The molecule has 5 nitrogen and oxygen atoms in total. The van der Waals surface area contributed by atoms with Gasteiger partial charge in [-0.2, -0.15) is 0 Å². The zero-order valence-electron chi connectivity index (χ0n) is 9.43. The molecule has 2 rings (SSSR count). The van der Waals surface area contributed by atoms with Crippen molar-refractivity contribution in [2.75, 3.05) is 13.7 Å². The first kappa shape index (κ1) is 12.1. The predicted octanol–water partition coefficient (Wildman–Crippen LogP) is 1.54. The molecule has 0 unspecified atom stereocenters. The van der Waals surface area contributed by atoms with Crippen LogP contribution in [0.5, 0.6) is 5.75 Å². The van der Waals surface area contributed by atoms with Crippen LogP contribution in [0.4, 0.5) is 0 Å². The van der Waals surface area contributed by atoms with Crippen molar-refractivity contribution in [3.63, 3.8) is 0 Å². The molecule has 0 saturated carbocycles. The average Bonchev–Trinajstić information content (AvgIpc) is 2.79. The first-order chi connectivity index (χ1) is 8.24. The van der Waals surface area contributed by atoms with E-state index in [9.17, 15) is 0 Å². The Balaban J connectivity index is 2.32. The van der Waals surface area contributed by atoms with Gasteiger partial charge in [0.2, 0.25) is 0 Å². The van der Waals surface area contributed by atoms with Gasteiger partial charge in [0.25, 0.3) is 0 Å². The highest BCUT2D eigenvalue weighted by atomic mass is 79.9. The minimum atomic E-state index is 0.572. The average molecular weight is 297 g/mol. The second kappa shape index (κ2) is 5.29. The monoisotopic (exact) mass is 296 g/mol. The molecule has 1 aromatic heterocycles. The van der Waals surface area contributed by atoms with Crippen LogP contribution in [0.3, 0.4) is 0 Å². The molecular weight excluding hydrogens is 284 g/mol. The highest BCUT2D eigenvalue weighted by Crippen LogP contribution is 2.26. The largest absolute Gasteiger partial charge is 0.495 e. The molecule has 0 spiro atoms. The lowest BCUT2D eigenvalue weighted by Gasteiger charge is -2.05. The van der Waals surface area contributed by atoms with Crippen molar-refractivity contribution in [3.05, 3.63) is 34.6 Å². The molecule has 0 atom stereocenters. The molecule has 0 amide bonds. The minimum absolute atomic E-state index is 0.572. The summed E-state index contributed by atoms with van der Waals surface area (Å²) in [5, 5.41) is 8.09. The van der Waals surface area contributed by atoms with Crippen LogP contribution in [-0.2, 0) is 6.42 Å². The number of rotatable bonds is 4. The summed E-state index contributed by atoms with van der Waals surface area (Å²) in [6.45, 7) is 0.572. The van der Waals surface area contributed by atoms with Crippen molar-refractivity contribution in [2.45, 2.75) is 6.42 Å². The summed E-state index contributed by atoms with van der Waals surface area (Å²) >= 11 is 3.41. The summed E-state index contributed by atoms with van der Waals surface area (Å²) in [4.78, 5) is 0. The van der Waals surface area contributed by atoms with E-state index in [2.05, 4.69) is 26.2 Å². The van der Waals surface area contributed by atoms with Gasteiger partial charge in [0.1, 0.15) is 5.75 Å². The van der Waals surface area contributed by atoms with E-state index in [1.807, 2.05) is 24.4 Å². The number of aromatic nitrogens is 3. The van der Waals surface area contributed by atoms with Gasteiger partial charge < -0.3 is 10.5 Å². The molecule has 1 aromatic carbocycles. The highest BCUT2D eigenvalue weighted by molar-refractivity contribution is 9.10. The van der Waals surface area contributed by atoms with Crippen molar-refractivity contribution >= 4 is 15.9 Å². The second-order valence-electron chi connectivity index (χ2n) is 3.51. The van der Waals surface area contributed by atoms with Gasteiger partial charge in [-0.15, -0.1) is 5.10 Å². The first-order valence-electron chi connectivity index (χ1n) is 5.20. The van der Waals surface area contributed by atoms with E-state index in [4.69, 9.17) is 10.5 Å². The molecule has 0 saturated heterocycles. The van der Waals surface area contributed by atoms with Gasteiger partial charge in [0, 0.05) is 12.5 Å². The summed E-state index contributed by atoms with van der Waals surface area (Å²) in [5.74, 6) is 0.762. The van der Waals surface area contributed by atoms with Crippen molar-refractivity contribution in [2.24, 2.45) is 5.73 Å². The van der Waals surface area contributed by atoms with Crippen LogP contribution in [0.15, 0.2) is 28.9 Å². The van der Waals surface area contributed by atoms with E-state index in [-0.39, 0.29) is 0 Å². The molecule has 17 heavy (non-hydrogen) atoms. The Morgan fingerprint density at radius 3 is 3.00 bits per heavy atom. The Kier molecular flexibility index (Phi) is 3.75. The third-order valence-electron chi connectivity index (χ3n) is 2.34. The number of benzene rings is 1. The van der Waals surface area contributed by atoms with Crippen molar-refractivity contribution < 1.29 is 4.74 Å². The minimum Gasteiger partial charge on any atom is -0.495 e. The number of methoxy groups -OCH3 is 1. The van der Waals surface area contributed by atoms with Gasteiger partial charge in [0.05, 0.1) is 29.2 Å². The molecule has 0 aliphatic rings. The van der Waals surface area contributed by atoms with E-state index < -0.39 is 0 Å². The second-order valence-corrected chi connectivity index (χ2v) is 4.37. The molecule has 0 fully saturated rings. The van der Waals surface area contributed by atoms with Gasteiger partial charge in [-0.3, -0.25) is 0 Å². The van der Waals surface area contributed by atoms with Crippen molar-refractivity contribution in [1.29, 1.82) is 0 Å². The van der Waals surface area contributed by atoms with Crippen molar-refractivity contribution in [3.8, 4) is 11.4 Å². The molecule has 2 N–H and O–H groups in total. The van der Waals surface area contributed by atoms with Gasteiger partial charge in [-0.25, -0.2) is 4.68 Å². The van der Waals surface area contributed by atoms with E-state index >= 15 is 0 Å². The summed E-state index contributed by atoms with van der Waals surface area (Å²) in [6.07, 6.45) is 2.60. The Labute approximate surface area is 108 Å². The fraction of sp³-hybridized carbons (Fsp3) is 0.273. The van der Waals surface area contributed by atoms with E-state index in [1.165, 1.54) is 0 Å². The predicted molar refractivity (Wildman–Crippen MR) is 68.4 cm³/mol. The molecule has 0 aliphatic carbocycles. The lowest BCUT2D eigenvalue weighted by atomic mass is 10.3. The van der Waals surface area contributed by atoms with Gasteiger partial charge in [0.15, 0.2) is 0 Å². The highest BCUT2D eigenvalue weighted by Gasteiger charge is 2.05. The summed E-state index contributed by atoms with van der Waals surface area (Å²) < 4.78 is 7.85. The number of ether oxygens (including phenoxy) is 1. The van der Waals surface area contributed by atoms with Crippen molar-refractivity contribution in [1.82, 2.24) is 15.0 Å². The summed E-state index contributed by atoms with van der Waals surface area (Å²) in [6, 6.07) is 5.75. The number of hydrogen-bond donors (Lipinski definition) is 1. The normalized spacial score (nSPS) is 10.5. The topological polar surface area (TPSA) is 66.0 Å². The van der Waals surface area contributed by atoms with Crippen LogP contribution < -0.4 is 10.5 Å². The molecule has 6 heteroatoms. The number of hydrogen-bond acceptors (Lipinski definition) is 4. The smallest absolute Gasteiger partial charge is 0.135 e. The van der Waals surface area contributed by atoms with Gasteiger partial charge >= 0.3 is 0 Å². The fourth-order valence-electron chi connectivity index (χ4n) is 1.48. The molecule has 0 aliphatic heterocycles. The molecular formula is C11H13BrN4O. The number of nitrogens with zero attached hydrogens (tertiary/aromatic N) is 3. The molecule has 0 bridgehead atoms. The Bertz CT molecular complexity index is 512. The van der Waals surface area contributed by atoms with Crippen LogP contribution in [0.25, 0.3) is 5.69 Å². The van der Waals surface area contributed by atoms with E-state index in [0.717, 1.165) is 28.0 Å². The van der Waals surface area contributed by atoms with Crippen LogP contribution in [0.1, 0.15) is 5.69 Å². The number of halogens is 1. The zero-order chi connectivity index (χ0) is 12.3. The Morgan fingerprint density at radius 2 is 2.29 bits per heavy atom. The first-order valence-corrected chi connectivity index (χ1v) is 5.99. The third kappa shape index (κ3) is 2.65. The molecule has 2 aromatic rings. The van der Waals surface area contributed by atoms with Crippen LogP contribution in [0.2, 0.25) is 0 Å². The Morgan fingerprint density at radius 1 is 1.47 bits per heavy atom. The summed E-state index contributed by atoms with van der Waals surface area (Å²) in [7, 11) is 1.63. The van der Waals surface area contributed by atoms with Crippen LogP contribution in [-0.4, -0.2) is 28.6 Å². The van der Waals surface area contributed by atoms with E-state index in [1.54, 1.807) is 11.8 Å². The number of nitrogens with two attached hydrogens (primary N) is 1. The standard InChI is InChI=1S/C11H13BrN4O/c1-17-11-6-9(2-3-10(11)12)16-7-8(4-5-13)14-15-16/h2-3,6-7H,4-5,13H2,1H3. The fourth-order valence-corrected chi connectivity index (χ4v) is 1.89. The molecule has 90 valence electrons. The quantitative estimate of drug-likeness (QED) is 0.929. The van der Waals surface area contributed by atoms with Crippen LogP contribution in [0, 0.1) is 0 Å². The maximum absolute atomic E-state index is 5.47. The maximum Gasteiger partial charge on any atom is 0.135 e. The van der Waals surface area contributed by atoms with Gasteiger partial charge in [-0.1, -0.05) is 5.21 Å². The maximum atomic E-state index is 5.47. The Hall–Kier alpha value is -1.40. The molecule has 0 radical (unpaired) electrons. The third-order valence-corrected chi connectivity index (χ3v) is 3.00. The van der Waals surface area contributed by atoms with E-state index in [0.29, 0.717) is 6.54 Å². The van der Waals surface area contributed by atoms with Gasteiger partial charge in [-0.05, 0) is 34.6 Å². The lowest BCUT2D eigenvalue weighted by molar-refractivity contribution is 0.412. The zero-order valence-corrected chi connectivity index (χ0v) is 11.0. The lowest BCUT2D eigenvalue weighted by Crippen LogP contribution is -2.02.